The number of benzene rings is 2. The highest BCUT2D eigenvalue weighted by atomic mass is 79.9. The molecule has 0 spiro atoms. The third-order valence-corrected chi connectivity index (χ3v) is 6.14. The van der Waals surface area contributed by atoms with Gasteiger partial charge in [-0.05, 0) is 45.1 Å². The number of phenols is 1. The molecule has 2 aliphatic rings. The van der Waals surface area contributed by atoms with Gasteiger partial charge >= 0.3 is 0 Å². The first-order chi connectivity index (χ1) is 14.4. The molecule has 6 nitrogen and oxygen atoms in total. The van der Waals surface area contributed by atoms with Crippen LogP contribution in [0.3, 0.4) is 0 Å². The molecule has 7 heteroatoms. The molecule has 0 saturated carbocycles. The Morgan fingerprint density at radius 3 is 2.63 bits per heavy atom. The van der Waals surface area contributed by atoms with Gasteiger partial charge in [-0.1, -0.05) is 30.3 Å². The van der Waals surface area contributed by atoms with Crippen LogP contribution < -0.4 is 10.5 Å². The molecule has 2 aromatic carbocycles. The van der Waals surface area contributed by atoms with Gasteiger partial charge in [-0.2, -0.15) is 5.26 Å². The summed E-state index contributed by atoms with van der Waals surface area (Å²) >= 11 is 3.31. The molecule has 0 fully saturated rings. The number of allylic oxidation sites excluding steroid dienone is 3. The van der Waals surface area contributed by atoms with Crippen molar-refractivity contribution >= 4 is 21.7 Å². The van der Waals surface area contributed by atoms with Gasteiger partial charge in [-0.25, -0.2) is 0 Å². The predicted molar refractivity (Wildman–Crippen MR) is 113 cm³/mol. The van der Waals surface area contributed by atoms with Gasteiger partial charge in [0.05, 0.1) is 17.5 Å². The van der Waals surface area contributed by atoms with E-state index in [9.17, 15) is 15.2 Å². The Balaban J connectivity index is 1.84. The molecule has 0 bridgehead atoms. The molecule has 152 valence electrons. The zero-order valence-electron chi connectivity index (χ0n) is 16.2. The molecule has 0 saturated heterocycles. The number of nitrogens with two attached hydrogens (primary N) is 1. The van der Waals surface area contributed by atoms with E-state index in [0.717, 1.165) is 5.56 Å². The summed E-state index contributed by atoms with van der Waals surface area (Å²) in [6, 6.07) is 15.2. The van der Waals surface area contributed by atoms with Crippen LogP contribution >= 0.6 is 15.9 Å². The van der Waals surface area contributed by atoms with Gasteiger partial charge < -0.3 is 20.3 Å². The van der Waals surface area contributed by atoms with Gasteiger partial charge in [-0.15, -0.1) is 0 Å². The lowest BCUT2D eigenvalue weighted by molar-refractivity contribution is -0.117. The quantitative estimate of drug-likeness (QED) is 0.695. The van der Waals surface area contributed by atoms with Crippen molar-refractivity contribution in [1.29, 1.82) is 5.26 Å². The van der Waals surface area contributed by atoms with E-state index in [0.29, 0.717) is 34.2 Å². The van der Waals surface area contributed by atoms with Crippen molar-refractivity contribution in [2.45, 2.75) is 24.7 Å². The van der Waals surface area contributed by atoms with Crippen LogP contribution in [0.25, 0.3) is 0 Å². The summed E-state index contributed by atoms with van der Waals surface area (Å²) in [6.07, 6.45) is 0.828. The molecule has 0 aromatic heterocycles. The predicted octanol–water partition coefficient (Wildman–Crippen LogP) is 4.37. The molecular formula is C23H19BrN2O4. The summed E-state index contributed by atoms with van der Waals surface area (Å²) in [4.78, 5) is 13.3. The van der Waals surface area contributed by atoms with E-state index in [1.807, 2.05) is 30.3 Å². The maximum Gasteiger partial charge on any atom is 0.205 e. The molecule has 4 rings (SSSR count). The van der Waals surface area contributed by atoms with Crippen molar-refractivity contribution in [3.8, 4) is 17.6 Å². The van der Waals surface area contributed by atoms with E-state index in [2.05, 4.69) is 22.0 Å². The van der Waals surface area contributed by atoms with Crippen molar-refractivity contribution in [2.75, 3.05) is 7.11 Å². The number of phenolic OH excluding ortho intramolecular Hbond substituents is 1. The first-order valence-corrected chi connectivity index (χ1v) is 10.2. The normalized spacial score (nSPS) is 21.0. The van der Waals surface area contributed by atoms with Gasteiger partial charge in [0.15, 0.2) is 17.3 Å². The van der Waals surface area contributed by atoms with Crippen LogP contribution in [0.15, 0.2) is 69.7 Å². The van der Waals surface area contributed by atoms with Gasteiger partial charge in [0.1, 0.15) is 17.4 Å². The number of carbonyl (C=O) groups excluding carboxylic acids is 1. The number of aromatic hydroxyl groups is 1. The summed E-state index contributed by atoms with van der Waals surface area (Å²) in [5, 5.41) is 19.9. The van der Waals surface area contributed by atoms with Crippen molar-refractivity contribution in [3.63, 3.8) is 0 Å². The lowest BCUT2D eigenvalue weighted by Gasteiger charge is -2.34. The molecule has 30 heavy (non-hydrogen) atoms. The molecule has 1 heterocycles. The molecular weight excluding hydrogens is 448 g/mol. The van der Waals surface area contributed by atoms with Crippen LogP contribution in [0.5, 0.6) is 11.5 Å². The highest BCUT2D eigenvalue weighted by molar-refractivity contribution is 9.10. The van der Waals surface area contributed by atoms with Crippen molar-refractivity contribution in [1.82, 2.24) is 0 Å². The average Bonchev–Trinajstić information content (AvgIpc) is 2.75. The summed E-state index contributed by atoms with van der Waals surface area (Å²) in [5.41, 5.74) is 8.36. The fraction of sp³-hybridized carbons (Fsp3) is 0.217. The smallest absolute Gasteiger partial charge is 0.205 e. The Bertz CT molecular complexity index is 1130. The topological polar surface area (TPSA) is 106 Å². The molecule has 1 aliphatic heterocycles. The second-order valence-corrected chi connectivity index (χ2v) is 8.11. The Morgan fingerprint density at radius 1 is 1.23 bits per heavy atom. The molecule has 3 N–H and O–H groups in total. The van der Waals surface area contributed by atoms with Crippen LogP contribution in [0.1, 0.15) is 35.8 Å². The lowest BCUT2D eigenvalue weighted by Crippen LogP contribution is -2.29. The van der Waals surface area contributed by atoms with E-state index in [-0.39, 0.29) is 34.7 Å². The Morgan fingerprint density at radius 2 is 1.97 bits per heavy atom. The highest BCUT2D eigenvalue weighted by Gasteiger charge is 2.41. The standard InChI is InChI=1S/C23H19BrN2O4/c1-29-19-10-14(7-16(24)22(19)28)20-15(11-25)23(26)30-18-9-13(8-17(27)21(18)20)12-5-3-2-4-6-12/h2-7,10,13,20,28H,8-9,26H2,1H3/t13-,20+/m0/s1. The van der Waals surface area contributed by atoms with Crippen LogP contribution in [-0.4, -0.2) is 18.0 Å². The number of carbonyl (C=O) groups is 1. The largest absolute Gasteiger partial charge is 0.503 e. The molecule has 2 atom stereocenters. The highest BCUT2D eigenvalue weighted by Crippen LogP contribution is 2.48. The number of methoxy groups -OCH3 is 1. The summed E-state index contributed by atoms with van der Waals surface area (Å²) in [7, 11) is 1.44. The molecule has 1 aliphatic carbocycles. The van der Waals surface area contributed by atoms with E-state index >= 15 is 0 Å². The van der Waals surface area contributed by atoms with Crippen LogP contribution in [0, 0.1) is 11.3 Å². The van der Waals surface area contributed by atoms with E-state index < -0.39 is 5.92 Å². The first-order valence-electron chi connectivity index (χ1n) is 9.39. The molecule has 0 amide bonds. The number of Topliss-reactive ketones (excluding diaryl/α,β-unsaturated/α-hetero) is 1. The van der Waals surface area contributed by atoms with E-state index in [1.54, 1.807) is 12.1 Å². The molecule has 0 unspecified atom stereocenters. The monoisotopic (exact) mass is 466 g/mol. The van der Waals surface area contributed by atoms with Gasteiger partial charge in [0.2, 0.25) is 5.88 Å². The summed E-state index contributed by atoms with van der Waals surface area (Å²) in [6.45, 7) is 0. The van der Waals surface area contributed by atoms with Crippen LogP contribution in [0.2, 0.25) is 0 Å². The minimum absolute atomic E-state index is 0.00840. The molecule has 2 aromatic rings. The Kier molecular flexibility index (Phi) is 5.27. The number of hydrogen-bond acceptors (Lipinski definition) is 6. The number of nitriles is 1. The zero-order valence-corrected chi connectivity index (χ0v) is 17.8. The number of nitrogens with zero attached hydrogens (tertiary/aromatic N) is 1. The fourth-order valence-corrected chi connectivity index (χ4v) is 4.58. The third-order valence-electron chi connectivity index (χ3n) is 5.54. The lowest BCUT2D eigenvalue weighted by atomic mass is 9.73. The fourth-order valence-electron chi connectivity index (χ4n) is 4.12. The summed E-state index contributed by atoms with van der Waals surface area (Å²) < 4.78 is 11.4. The van der Waals surface area contributed by atoms with Gasteiger partial charge in [0.25, 0.3) is 0 Å². The van der Waals surface area contributed by atoms with Crippen molar-refractivity contribution in [3.05, 3.63) is 80.9 Å². The van der Waals surface area contributed by atoms with Gasteiger partial charge in [-0.3, -0.25) is 4.79 Å². The Labute approximate surface area is 182 Å². The minimum Gasteiger partial charge on any atom is -0.503 e. The van der Waals surface area contributed by atoms with Crippen LogP contribution in [-0.2, 0) is 9.53 Å². The third kappa shape index (κ3) is 3.33. The maximum atomic E-state index is 13.3. The average molecular weight is 467 g/mol. The number of ether oxygens (including phenoxy) is 2. The number of halogens is 1. The zero-order chi connectivity index (χ0) is 21.4. The number of rotatable bonds is 3. The number of ketones is 1. The number of hydrogen-bond donors (Lipinski definition) is 2. The Hall–Kier alpha value is -3.24. The van der Waals surface area contributed by atoms with E-state index in [4.69, 9.17) is 15.2 Å². The van der Waals surface area contributed by atoms with Crippen molar-refractivity contribution < 1.29 is 19.4 Å². The second kappa shape index (κ2) is 7.88. The van der Waals surface area contributed by atoms with Gasteiger partial charge in [0, 0.05) is 18.4 Å². The summed E-state index contributed by atoms with van der Waals surface area (Å²) in [5.74, 6) is -0.134. The molecule has 0 radical (unpaired) electrons. The van der Waals surface area contributed by atoms with Crippen LogP contribution in [0.4, 0.5) is 0 Å². The van der Waals surface area contributed by atoms with E-state index in [1.165, 1.54) is 7.11 Å². The SMILES string of the molecule is COc1cc([C@@H]2C(C#N)=C(N)OC3=C2C(=O)C[C@H](c2ccccc2)C3)cc(Br)c1O. The second-order valence-electron chi connectivity index (χ2n) is 7.25. The minimum atomic E-state index is -0.686. The maximum absolute atomic E-state index is 13.3. The first kappa shape index (κ1) is 20.0. The van der Waals surface area contributed by atoms with Crippen molar-refractivity contribution in [2.24, 2.45) is 5.73 Å².